The highest BCUT2D eigenvalue weighted by Gasteiger charge is 2.24. The first-order valence-electron chi connectivity index (χ1n) is 8.75. The highest BCUT2D eigenvalue weighted by Crippen LogP contribution is 2.27. The zero-order valence-electron chi connectivity index (χ0n) is 15.2. The maximum atomic E-state index is 12.8. The fourth-order valence-corrected chi connectivity index (χ4v) is 4.25. The zero-order valence-corrected chi connectivity index (χ0v) is 16.8. The number of amides is 2. The number of nitrogens with zero attached hydrogens (tertiary/aromatic N) is 1. The van der Waals surface area contributed by atoms with Crippen LogP contribution in [0.15, 0.2) is 47.4 Å². The summed E-state index contributed by atoms with van der Waals surface area (Å²) in [6, 6.07) is 10.2. The van der Waals surface area contributed by atoms with Crippen molar-refractivity contribution in [3.05, 3.63) is 53.1 Å². The first kappa shape index (κ1) is 20.2. The molecule has 2 aromatic carbocycles. The molecule has 0 aliphatic carbocycles. The van der Waals surface area contributed by atoms with Crippen molar-refractivity contribution in [3.8, 4) is 0 Å². The Morgan fingerprint density at radius 1 is 1.04 bits per heavy atom. The molecule has 0 radical (unpaired) electrons. The summed E-state index contributed by atoms with van der Waals surface area (Å²) < 4.78 is 28.0. The molecule has 0 bridgehead atoms. The fraction of sp³-hybridized carbons (Fsp3) is 0.263. The number of benzene rings is 2. The average Bonchev–Trinajstić information content (AvgIpc) is 3.15. The number of carbonyl (C=O) groups excluding carboxylic acids is 2. The van der Waals surface area contributed by atoms with E-state index in [9.17, 15) is 18.0 Å². The van der Waals surface area contributed by atoms with Crippen molar-refractivity contribution in [3.63, 3.8) is 0 Å². The van der Waals surface area contributed by atoms with Gasteiger partial charge in [-0.05, 0) is 55.3 Å². The van der Waals surface area contributed by atoms with Crippen molar-refractivity contribution in [2.75, 3.05) is 23.1 Å². The van der Waals surface area contributed by atoms with Gasteiger partial charge < -0.3 is 10.2 Å². The van der Waals surface area contributed by atoms with E-state index in [0.29, 0.717) is 23.8 Å². The Morgan fingerprint density at radius 3 is 2.29 bits per heavy atom. The lowest BCUT2D eigenvalue weighted by atomic mass is 10.1. The summed E-state index contributed by atoms with van der Waals surface area (Å²) in [4.78, 5) is 25.5. The van der Waals surface area contributed by atoms with E-state index in [-0.39, 0.29) is 28.0 Å². The Morgan fingerprint density at radius 2 is 1.68 bits per heavy atom. The van der Waals surface area contributed by atoms with E-state index in [1.54, 1.807) is 11.0 Å². The largest absolute Gasteiger partial charge is 0.339 e. The molecular formula is C19H20ClN3O4S. The molecule has 0 aromatic heterocycles. The molecule has 1 aliphatic heterocycles. The minimum atomic E-state index is -3.95. The Bertz CT molecular complexity index is 1000. The van der Waals surface area contributed by atoms with E-state index in [1.165, 1.54) is 43.3 Å². The average molecular weight is 422 g/mol. The molecular weight excluding hydrogens is 402 g/mol. The minimum Gasteiger partial charge on any atom is -0.339 e. The summed E-state index contributed by atoms with van der Waals surface area (Å²) in [5.41, 5.74) is 0.874. The van der Waals surface area contributed by atoms with Gasteiger partial charge in [0.15, 0.2) is 0 Å². The molecule has 1 aliphatic rings. The zero-order chi connectivity index (χ0) is 20.3. The highest BCUT2D eigenvalue weighted by molar-refractivity contribution is 7.92. The van der Waals surface area contributed by atoms with Gasteiger partial charge in [0.05, 0.1) is 16.1 Å². The number of halogens is 1. The van der Waals surface area contributed by atoms with Crippen molar-refractivity contribution >= 4 is 44.8 Å². The number of anilines is 2. The van der Waals surface area contributed by atoms with Gasteiger partial charge in [0.25, 0.3) is 15.9 Å². The Hall–Kier alpha value is -2.58. The SMILES string of the molecule is CC(=O)Nc1ccc(S(=O)(=O)Nc2cc(Cl)ccc2C(=O)N2CCCC2)cc1. The molecule has 148 valence electrons. The third-order valence-electron chi connectivity index (χ3n) is 4.33. The fourth-order valence-electron chi connectivity index (χ4n) is 3.00. The summed E-state index contributed by atoms with van der Waals surface area (Å²) in [6.45, 7) is 2.67. The molecule has 0 spiro atoms. The molecule has 2 aromatic rings. The lowest BCUT2D eigenvalue weighted by molar-refractivity contribution is -0.114. The normalized spacial score (nSPS) is 14.0. The third kappa shape index (κ3) is 4.63. The lowest BCUT2D eigenvalue weighted by Crippen LogP contribution is -2.28. The van der Waals surface area contributed by atoms with Gasteiger partial charge in [-0.2, -0.15) is 0 Å². The summed E-state index contributed by atoms with van der Waals surface area (Å²) in [7, 11) is -3.95. The van der Waals surface area contributed by atoms with Crippen molar-refractivity contribution in [1.29, 1.82) is 0 Å². The van der Waals surface area contributed by atoms with Crippen molar-refractivity contribution in [2.24, 2.45) is 0 Å². The number of rotatable bonds is 5. The second-order valence-corrected chi connectivity index (χ2v) is 8.62. The number of likely N-dealkylation sites (tertiary alicyclic amines) is 1. The van der Waals surface area contributed by atoms with E-state index >= 15 is 0 Å². The first-order chi connectivity index (χ1) is 13.3. The van der Waals surface area contributed by atoms with E-state index < -0.39 is 10.0 Å². The van der Waals surface area contributed by atoms with Crippen LogP contribution in [0, 0.1) is 0 Å². The van der Waals surface area contributed by atoms with Gasteiger partial charge in [-0.1, -0.05) is 11.6 Å². The number of nitrogens with one attached hydrogen (secondary N) is 2. The van der Waals surface area contributed by atoms with Gasteiger partial charge in [0.2, 0.25) is 5.91 Å². The molecule has 7 nitrogen and oxygen atoms in total. The van der Waals surface area contributed by atoms with E-state index in [4.69, 9.17) is 11.6 Å². The molecule has 2 amide bonds. The topological polar surface area (TPSA) is 95.6 Å². The molecule has 28 heavy (non-hydrogen) atoms. The summed E-state index contributed by atoms with van der Waals surface area (Å²) in [5, 5.41) is 2.89. The van der Waals surface area contributed by atoms with Crippen LogP contribution in [-0.2, 0) is 14.8 Å². The van der Waals surface area contributed by atoms with Crippen LogP contribution >= 0.6 is 11.6 Å². The van der Waals surface area contributed by atoms with Crippen LogP contribution in [0.3, 0.4) is 0 Å². The van der Waals surface area contributed by atoms with Gasteiger partial charge in [0.1, 0.15) is 0 Å². The van der Waals surface area contributed by atoms with Crippen LogP contribution in [-0.4, -0.2) is 38.2 Å². The molecule has 1 fully saturated rings. The van der Waals surface area contributed by atoms with Crippen molar-refractivity contribution in [2.45, 2.75) is 24.7 Å². The molecule has 0 saturated carbocycles. The van der Waals surface area contributed by atoms with Gasteiger partial charge in [-0.3, -0.25) is 14.3 Å². The van der Waals surface area contributed by atoms with Crippen LogP contribution in [0.5, 0.6) is 0 Å². The molecule has 2 N–H and O–H groups in total. The smallest absolute Gasteiger partial charge is 0.261 e. The highest BCUT2D eigenvalue weighted by atomic mass is 35.5. The second kappa shape index (κ2) is 8.20. The maximum Gasteiger partial charge on any atom is 0.261 e. The molecule has 0 unspecified atom stereocenters. The monoisotopic (exact) mass is 421 g/mol. The standard InChI is InChI=1S/C19H20ClN3O4S/c1-13(24)21-15-5-7-16(8-6-15)28(26,27)22-18-12-14(20)4-9-17(18)19(25)23-10-2-3-11-23/h4-9,12,22H,2-3,10-11H2,1H3,(H,21,24). The molecule has 3 rings (SSSR count). The van der Waals surface area contributed by atoms with Crippen molar-refractivity contribution in [1.82, 2.24) is 4.90 Å². The predicted molar refractivity (Wildman–Crippen MR) is 108 cm³/mol. The maximum absolute atomic E-state index is 12.8. The first-order valence-corrected chi connectivity index (χ1v) is 10.6. The Balaban J connectivity index is 1.88. The number of sulfonamides is 1. The van der Waals surface area contributed by atoms with E-state index in [1.807, 2.05) is 0 Å². The predicted octanol–water partition coefficient (Wildman–Crippen LogP) is 3.34. The molecule has 1 saturated heterocycles. The number of hydrogen-bond acceptors (Lipinski definition) is 4. The molecule has 9 heteroatoms. The van der Waals surface area contributed by atoms with Gasteiger partial charge >= 0.3 is 0 Å². The summed E-state index contributed by atoms with van der Waals surface area (Å²) >= 11 is 6.03. The third-order valence-corrected chi connectivity index (χ3v) is 5.95. The van der Waals surface area contributed by atoms with Crippen LogP contribution in [0.25, 0.3) is 0 Å². The van der Waals surface area contributed by atoms with Gasteiger partial charge in [-0.25, -0.2) is 8.42 Å². The van der Waals surface area contributed by atoms with Crippen molar-refractivity contribution < 1.29 is 18.0 Å². The van der Waals surface area contributed by atoms with Gasteiger partial charge in [-0.15, -0.1) is 0 Å². The van der Waals surface area contributed by atoms with Crippen LogP contribution in [0.2, 0.25) is 5.02 Å². The van der Waals surface area contributed by atoms with E-state index in [0.717, 1.165) is 12.8 Å². The molecule has 0 atom stereocenters. The van der Waals surface area contributed by atoms with Crippen LogP contribution in [0.4, 0.5) is 11.4 Å². The van der Waals surface area contributed by atoms with Crippen LogP contribution in [0.1, 0.15) is 30.1 Å². The Labute approximate surface area is 168 Å². The quantitative estimate of drug-likeness (QED) is 0.773. The summed E-state index contributed by atoms with van der Waals surface area (Å²) in [5.74, 6) is -0.481. The summed E-state index contributed by atoms with van der Waals surface area (Å²) in [6.07, 6.45) is 1.86. The number of carbonyl (C=O) groups is 2. The van der Waals surface area contributed by atoms with Gasteiger partial charge in [0, 0.05) is 30.7 Å². The Kier molecular flexibility index (Phi) is 5.90. The lowest BCUT2D eigenvalue weighted by Gasteiger charge is -2.18. The molecule has 1 heterocycles. The number of hydrogen-bond donors (Lipinski definition) is 2. The van der Waals surface area contributed by atoms with Crippen LogP contribution < -0.4 is 10.0 Å². The van der Waals surface area contributed by atoms with E-state index in [2.05, 4.69) is 10.0 Å². The second-order valence-electron chi connectivity index (χ2n) is 6.50. The minimum absolute atomic E-state index is 0.00106.